The molecule has 2 saturated carbocycles. The van der Waals surface area contributed by atoms with E-state index in [2.05, 4.69) is 11.7 Å². The van der Waals surface area contributed by atoms with Gasteiger partial charge in [-0.05, 0) is 79.2 Å². The van der Waals surface area contributed by atoms with Crippen molar-refractivity contribution in [2.24, 2.45) is 23.7 Å². The lowest BCUT2D eigenvalue weighted by molar-refractivity contribution is -0.276. The molecule has 0 aliphatic heterocycles. The average Bonchev–Trinajstić information content (AvgIpc) is 2.81. The zero-order chi connectivity index (χ0) is 24.3. The summed E-state index contributed by atoms with van der Waals surface area (Å²) in [5.41, 5.74) is 0.951. The molecular weight excluding hydrogens is 447 g/mol. The van der Waals surface area contributed by atoms with Crippen molar-refractivity contribution in [1.82, 2.24) is 0 Å². The van der Waals surface area contributed by atoms with Crippen LogP contribution in [0.4, 0.5) is 22.0 Å². The van der Waals surface area contributed by atoms with Crippen molar-refractivity contribution in [2.75, 3.05) is 0 Å². The molecule has 188 valence electrons. The van der Waals surface area contributed by atoms with E-state index in [0.717, 1.165) is 42.2 Å². The SMILES string of the molecule is CCCC1CCC(C2CCC(CCc3ccc4c(F)c(OC(F)(F)F)c(F)cc4c3)CC2)CC1. The molecule has 1 nitrogen and oxygen atoms in total. The minimum Gasteiger partial charge on any atom is -0.399 e. The molecule has 6 heteroatoms. The predicted octanol–water partition coefficient (Wildman–Crippen LogP) is 9.36. The number of alkyl halides is 3. The summed E-state index contributed by atoms with van der Waals surface area (Å²) in [6.45, 7) is 2.28. The Morgan fingerprint density at radius 1 is 0.824 bits per heavy atom. The Balaban J connectivity index is 1.30. The standard InChI is InChI=1S/C28H35F5O/c1-2-3-18-6-11-21(12-7-18)22-13-8-19(9-14-22)4-5-20-10-15-24-23(16-20)17-25(29)27(26(24)30)34-28(31,32)33/h10,15-19,21-22H,2-9,11-14H2,1H3. The van der Waals surface area contributed by atoms with Gasteiger partial charge in [0.15, 0.2) is 11.6 Å². The van der Waals surface area contributed by atoms with Crippen molar-refractivity contribution in [1.29, 1.82) is 0 Å². The number of rotatable bonds is 7. The minimum atomic E-state index is -5.15. The van der Waals surface area contributed by atoms with Crippen LogP contribution in [-0.4, -0.2) is 6.36 Å². The Kier molecular flexibility index (Phi) is 8.04. The second-order valence-corrected chi connectivity index (χ2v) is 10.5. The highest BCUT2D eigenvalue weighted by molar-refractivity contribution is 5.85. The molecule has 0 bridgehead atoms. The lowest BCUT2D eigenvalue weighted by atomic mass is 9.68. The summed E-state index contributed by atoms with van der Waals surface area (Å²) in [7, 11) is 0. The summed E-state index contributed by atoms with van der Waals surface area (Å²) in [4.78, 5) is 0. The number of hydrogen-bond acceptors (Lipinski definition) is 1. The number of hydrogen-bond donors (Lipinski definition) is 0. The van der Waals surface area contributed by atoms with Crippen molar-refractivity contribution < 1.29 is 26.7 Å². The molecule has 2 aliphatic carbocycles. The quantitative estimate of drug-likeness (QED) is 0.357. The Morgan fingerprint density at radius 3 is 1.97 bits per heavy atom. The second-order valence-electron chi connectivity index (χ2n) is 10.5. The van der Waals surface area contributed by atoms with E-state index in [0.29, 0.717) is 5.92 Å². The van der Waals surface area contributed by atoms with E-state index in [1.165, 1.54) is 70.3 Å². The fourth-order valence-electron chi connectivity index (χ4n) is 6.40. The van der Waals surface area contributed by atoms with Gasteiger partial charge in [0.1, 0.15) is 0 Å². The zero-order valence-electron chi connectivity index (χ0n) is 19.9. The first-order valence-electron chi connectivity index (χ1n) is 12.9. The maximum absolute atomic E-state index is 14.5. The van der Waals surface area contributed by atoms with Crippen LogP contribution < -0.4 is 4.74 Å². The lowest BCUT2D eigenvalue weighted by Crippen LogP contribution is -2.26. The summed E-state index contributed by atoms with van der Waals surface area (Å²) in [6, 6.07) is 5.75. The second kappa shape index (κ2) is 10.8. The zero-order valence-corrected chi connectivity index (χ0v) is 19.9. The number of benzene rings is 2. The first kappa shape index (κ1) is 25.2. The van der Waals surface area contributed by atoms with Crippen LogP contribution in [0.5, 0.6) is 5.75 Å². The first-order chi connectivity index (χ1) is 16.2. The molecule has 0 radical (unpaired) electrons. The van der Waals surface area contributed by atoms with Gasteiger partial charge in [-0.3, -0.25) is 0 Å². The molecule has 2 aromatic rings. The van der Waals surface area contributed by atoms with E-state index < -0.39 is 23.7 Å². The van der Waals surface area contributed by atoms with E-state index in [4.69, 9.17) is 0 Å². The van der Waals surface area contributed by atoms with Crippen molar-refractivity contribution in [3.63, 3.8) is 0 Å². The number of ether oxygens (including phenoxy) is 1. The highest BCUT2D eigenvalue weighted by Crippen LogP contribution is 2.43. The fraction of sp³-hybridized carbons (Fsp3) is 0.643. The Labute approximate surface area is 199 Å². The molecule has 0 amide bonds. The van der Waals surface area contributed by atoms with Gasteiger partial charge in [0, 0.05) is 5.39 Å². The van der Waals surface area contributed by atoms with Crippen LogP contribution in [0.25, 0.3) is 10.8 Å². The number of halogens is 5. The Hall–Kier alpha value is -1.85. The van der Waals surface area contributed by atoms with E-state index in [1.807, 2.05) is 0 Å². The van der Waals surface area contributed by atoms with Gasteiger partial charge in [0.25, 0.3) is 0 Å². The van der Waals surface area contributed by atoms with Gasteiger partial charge in [-0.15, -0.1) is 13.2 Å². The monoisotopic (exact) mass is 482 g/mol. The maximum atomic E-state index is 14.5. The summed E-state index contributed by atoms with van der Waals surface area (Å²) in [5, 5.41) is 0.183. The molecular formula is C28H35F5O. The van der Waals surface area contributed by atoms with Crippen LogP contribution >= 0.6 is 0 Å². The van der Waals surface area contributed by atoms with Gasteiger partial charge in [0.2, 0.25) is 5.75 Å². The molecule has 0 saturated heterocycles. The van der Waals surface area contributed by atoms with E-state index in [-0.39, 0.29) is 10.8 Å². The topological polar surface area (TPSA) is 9.23 Å². The Morgan fingerprint density at radius 2 is 1.41 bits per heavy atom. The van der Waals surface area contributed by atoms with Crippen molar-refractivity contribution in [2.45, 2.75) is 90.3 Å². The maximum Gasteiger partial charge on any atom is 0.573 e. The summed E-state index contributed by atoms with van der Waals surface area (Å²) < 4.78 is 69.5. The third kappa shape index (κ3) is 6.23. The number of aryl methyl sites for hydroxylation is 1. The van der Waals surface area contributed by atoms with E-state index in [9.17, 15) is 22.0 Å². The van der Waals surface area contributed by atoms with Gasteiger partial charge in [0.05, 0.1) is 0 Å². The van der Waals surface area contributed by atoms with Crippen LogP contribution in [0.15, 0.2) is 24.3 Å². The highest BCUT2D eigenvalue weighted by Gasteiger charge is 2.35. The predicted molar refractivity (Wildman–Crippen MR) is 125 cm³/mol. The van der Waals surface area contributed by atoms with Crippen LogP contribution in [0.3, 0.4) is 0 Å². The van der Waals surface area contributed by atoms with Crippen LogP contribution in [-0.2, 0) is 6.42 Å². The molecule has 2 aliphatic rings. The molecule has 34 heavy (non-hydrogen) atoms. The van der Waals surface area contributed by atoms with Crippen molar-refractivity contribution >= 4 is 10.8 Å². The first-order valence-corrected chi connectivity index (χ1v) is 12.9. The Bertz CT molecular complexity index is 953. The van der Waals surface area contributed by atoms with Crippen molar-refractivity contribution in [3.05, 3.63) is 41.5 Å². The summed E-state index contributed by atoms with van der Waals surface area (Å²) >= 11 is 0. The van der Waals surface area contributed by atoms with Crippen molar-refractivity contribution in [3.8, 4) is 5.75 Å². The molecule has 0 aromatic heterocycles. The largest absolute Gasteiger partial charge is 0.573 e. The molecule has 2 fully saturated rings. The third-order valence-corrected chi connectivity index (χ3v) is 8.26. The normalized spacial score (nSPS) is 26.1. The smallest absolute Gasteiger partial charge is 0.399 e. The highest BCUT2D eigenvalue weighted by atomic mass is 19.4. The van der Waals surface area contributed by atoms with E-state index >= 15 is 0 Å². The van der Waals surface area contributed by atoms with Crippen LogP contribution in [0.2, 0.25) is 0 Å². The third-order valence-electron chi connectivity index (χ3n) is 8.26. The lowest BCUT2D eigenvalue weighted by Gasteiger charge is -2.38. The van der Waals surface area contributed by atoms with Gasteiger partial charge < -0.3 is 4.74 Å². The molecule has 0 spiro atoms. The average molecular weight is 483 g/mol. The molecule has 4 rings (SSSR count). The molecule has 0 atom stereocenters. The van der Waals surface area contributed by atoms with Crippen LogP contribution in [0.1, 0.15) is 83.1 Å². The molecule has 2 aromatic carbocycles. The molecule has 0 unspecified atom stereocenters. The molecule has 0 N–H and O–H groups in total. The van der Waals surface area contributed by atoms with Gasteiger partial charge in [-0.25, -0.2) is 8.78 Å². The summed E-state index contributed by atoms with van der Waals surface area (Å²) in [5.74, 6) is -0.667. The minimum absolute atomic E-state index is 0.0708. The fourth-order valence-corrected chi connectivity index (χ4v) is 6.40. The summed E-state index contributed by atoms with van der Waals surface area (Å²) in [6.07, 6.45) is 10.1. The van der Waals surface area contributed by atoms with Gasteiger partial charge in [-0.2, -0.15) is 0 Å². The van der Waals surface area contributed by atoms with Gasteiger partial charge >= 0.3 is 6.36 Å². The number of fused-ring (bicyclic) bond motifs is 1. The van der Waals surface area contributed by atoms with Gasteiger partial charge in [-0.1, -0.05) is 63.6 Å². The van der Waals surface area contributed by atoms with E-state index in [1.54, 1.807) is 12.1 Å². The van der Waals surface area contributed by atoms with Crippen LogP contribution in [0, 0.1) is 35.3 Å². The molecule has 0 heterocycles.